The predicted molar refractivity (Wildman–Crippen MR) is 68.5 cm³/mol. The number of thiophene rings is 1. The highest BCUT2D eigenvalue weighted by Crippen LogP contribution is 2.18. The third kappa shape index (κ3) is 3.79. The van der Waals surface area contributed by atoms with Crippen LogP contribution in [0, 0.1) is 0 Å². The maximum atomic E-state index is 11.6. The Labute approximate surface area is 101 Å². The second kappa shape index (κ2) is 6.45. The van der Waals surface area contributed by atoms with E-state index in [0.717, 1.165) is 0 Å². The molecule has 0 saturated carbocycles. The van der Waals surface area contributed by atoms with Crippen molar-refractivity contribution in [1.82, 2.24) is 10.6 Å². The smallest absolute Gasteiger partial charge is 0.237 e. The first-order valence-electron chi connectivity index (χ1n) is 5.33. The molecule has 1 aromatic heterocycles. The summed E-state index contributed by atoms with van der Waals surface area (Å²) in [4.78, 5) is 12.8. The van der Waals surface area contributed by atoms with E-state index >= 15 is 0 Å². The molecule has 2 atom stereocenters. The van der Waals surface area contributed by atoms with E-state index in [0.29, 0.717) is 6.54 Å². The molecule has 0 radical (unpaired) electrons. The Morgan fingerprint density at radius 1 is 1.62 bits per heavy atom. The van der Waals surface area contributed by atoms with Crippen molar-refractivity contribution in [3.05, 3.63) is 35.0 Å². The van der Waals surface area contributed by atoms with Crippen LogP contribution in [0.15, 0.2) is 30.2 Å². The van der Waals surface area contributed by atoms with Crippen molar-refractivity contribution in [2.24, 2.45) is 0 Å². The van der Waals surface area contributed by atoms with Crippen LogP contribution in [0.5, 0.6) is 0 Å². The molecule has 4 heteroatoms. The summed E-state index contributed by atoms with van der Waals surface area (Å²) in [6, 6.07) is 4.08. The number of rotatable bonds is 6. The number of hydrogen-bond acceptors (Lipinski definition) is 3. The molecular formula is C12H18N2OS. The van der Waals surface area contributed by atoms with Crippen molar-refractivity contribution in [2.45, 2.75) is 25.9 Å². The third-order valence-electron chi connectivity index (χ3n) is 2.28. The van der Waals surface area contributed by atoms with Gasteiger partial charge >= 0.3 is 0 Å². The molecule has 1 heterocycles. The van der Waals surface area contributed by atoms with Crippen molar-refractivity contribution in [3.8, 4) is 0 Å². The number of nitrogens with one attached hydrogen (secondary N) is 2. The molecular weight excluding hydrogens is 220 g/mol. The molecule has 2 unspecified atom stereocenters. The highest BCUT2D eigenvalue weighted by atomic mass is 32.1. The van der Waals surface area contributed by atoms with Gasteiger partial charge in [-0.25, -0.2) is 0 Å². The molecule has 0 aliphatic rings. The Morgan fingerprint density at radius 3 is 2.94 bits per heavy atom. The zero-order valence-electron chi connectivity index (χ0n) is 9.69. The van der Waals surface area contributed by atoms with E-state index in [-0.39, 0.29) is 18.0 Å². The molecule has 1 aromatic rings. The van der Waals surface area contributed by atoms with Crippen LogP contribution >= 0.6 is 11.3 Å². The van der Waals surface area contributed by atoms with Gasteiger partial charge in [0.2, 0.25) is 5.91 Å². The minimum Gasteiger partial charge on any atom is -0.351 e. The molecule has 0 aromatic carbocycles. The Balaban J connectivity index is 2.41. The molecule has 0 aliphatic carbocycles. The fourth-order valence-electron chi connectivity index (χ4n) is 1.40. The van der Waals surface area contributed by atoms with Crippen LogP contribution in [0.4, 0.5) is 0 Å². The van der Waals surface area contributed by atoms with E-state index in [1.54, 1.807) is 17.4 Å². The maximum Gasteiger partial charge on any atom is 0.237 e. The predicted octanol–water partition coefficient (Wildman–Crippen LogP) is 2.09. The van der Waals surface area contributed by atoms with Gasteiger partial charge in [-0.1, -0.05) is 12.1 Å². The Hall–Kier alpha value is -1.13. The van der Waals surface area contributed by atoms with Crippen LogP contribution in [-0.4, -0.2) is 18.5 Å². The monoisotopic (exact) mass is 238 g/mol. The normalized spacial score (nSPS) is 14.1. The fraction of sp³-hybridized carbons (Fsp3) is 0.417. The molecule has 0 fully saturated rings. The summed E-state index contributed by atoms with van der Waals surface area (Å²) >= 11 is 1.69. The molecule has 0 spiro atoms. The molecule has 88 valence electrons. The van der Waals surface area contributed by atoms with Gasteiger partial charge in [-0.05, 0) is 25.3 Å². The van der Waals surface area contributed by atoms with Crippen molar-refractivity contribution >= 4 is 17.2 Å². The van der Waals surface area contributed by atoms with Crippen LogP contribution < -0.4 is 10.6 Å². The van der Waals surface area contributed by atoms with Crippen LogP contribution in [0.2, 0.25) is 0 Å². The Kier molecular flexibility index (Phi) is 5.22. The molecule has 1 amide bonds. The Morgan fingerprint density at radius 2 is 2.38 bits per heavy atom. The van der Waals surface area contributed by atoms with Crippen molar-refractivity contribution in [2.75, 3.05) is 6.54 Å². The molecule has 16 heavy (non-hydrogen) atoms. The molecule has 2 N–H and O–H groups in total. The van der Waals surface area contributed by atoms with Gasteiger partial charge in [-0.3, -0.25) is 10.1 Å². The largest absolute Gasteiger partial charge is 0.351 e. The summed E-state index contributed by atoms with van der Waals surface area (Å²) in [6.45, 7) is 7.99. The SMILES string of the molecule is C=CCNC(=O)C(C)NC(C)c1cccs1. The molecule has 0 aliphatic heterocycles. The van der Waals surface area contributed by atoms with Gasteiger partial charge in [0, 0.05) is 17.5 Å². The van der Waals surface area contributed by atoms with E-state index in [4.69, 9.17) is 0 Å². The second-order valence-corrected chi connectivity index (χ2v) is 4.64. The van der Waals surface area contributed by atoms with Crippen molar-refractivity contribution < 1.29 is 4.79 Å². The van der Waals surface area contributed by atoms with Gasteiger partial charge in [0.15, 0.2) is 0 Å². The highest BCUT2D eigenvalue weighted by molar-refractivity contribution is 7.10. The van der Waals surface area contributed by atoms with Crippen LogP contribution in [-0.2, 0) is 4.79 Å². The first-order valence-corrected chi connectivity index (χ1v) is 6.21. The minimum atomic E-state index is -0.197. The van der Waals surface area contributed by atoms with E-state index in [1.807, 2.05) is 18.4 Å². The van der Waals surface area contributed by atoms with Crippen molar-refractivity contribution in [1.29, 1.82) is 0 Å². The number of carbonyl (C=O) groups excluding carboxylic acids is 1. The quantitative estimate of drug-likeness (QED) is 0.745. The van der Waals surface area contributed by atoms with Gasteiger partial charge in [0.05, 0.1) is 6.04 Å². The van der Waals surface area contributed by atoms with Crippen LogP contribution in [0.3, 0.4) is 0 Å². The van der Waals surface area contributed by atoms with Crippen LogP contribution in [0.1, 0.15) is 24.8 Å². The summed E-state index contributed by atoms with van der Waals surface area (Å²) < 4.78 is 0. The number of amides is 1. The Bertz CT molecular complexity index is 335. The van der Waals surface area contributed by atoms with Crippen molar-refractivity contribution in [3.63, 3.8) is 0 Å². The first kappa shape index (κ1) is 12.9. The first-order chi connectivity index (χ1) is 7.65. The lowest BCUT2D eigenvalue weighted by Gasteiger charge is -2.18. The lowest BCUT2D eigenvalue weighted by atomic mass is 10.2. The van der Waals surface area contributed by atoms with E-state index in [9.17, 15) is 4.79 Å². The minimum absolute atomic E-state index is 0.00306. The van der Waals surface area contributed by atoms with Gasteiger partial charge in [-0.2, -0.15) is 0 Å². The maximum absolute atomic E-state index is 11.6. The molecule has 1 rings (SSSR count). The molecule has 0 saturated heterocycles. The second-order valence-electron chi connectivity index (χ2n) is 3.66. The number of hydrogen-bond donors (Lipinski definition) is 2. The molecule has 3 nitrogen and oxygen atoms in total. The average Bonchev–Trinajstić information content (AvgIpc) is 2.79. The van der Waals surface area contributed by atoms with Gasteiger partial charge < -0.3 is 5.32 Å². The van der Waals surface area contributed by atoms with E-state index in [1.165, 1.54) is 4.88 Å². The molecule has 0 bridgehead atoms. The topological polar surface area (TPSA) is 41.1 Å². The van der Waals surface area contributed by atoms with Gasteiger partial charge in [0.1, 0.15) is 0 Å². The summed E-state index contributed by atoms with van der Waals surface area (Å²) in [5, 5.41) is 8.06. The van der Waals surface area contributed by atoms with Gasteiger partial charge in [-0.15, -0.1) is 17.9 Å². The average molecular weight is 238 g/mol. The lowest BCUT2D eigenvalue weighted by molar-refractivity contribution is -0.122. The van der Waals surface area contributed by atoms with Gasteiger partial charge in [0.25, 0.3) is 0 Å². The summed E-state index contributed by atoms with van der Waals surface area (Å²) in [5.41, 5.74) is 0. The van der Waals surface area contributed by atoms with Crippen LogP contribution in [0.25, 0.3) is 0 Å². The summed E-state index contributed by atoms with van der Waals surface area (Å²) in [6.07, 6.45) is 1.67. The number of carbonyl (C=O) groups is 1. The van der Waals surface area contributed by atoms with E-state index < -0.39 is 0 Å². The lowest BCUT2D eigenvalue weighted by Crippen LogP contribution is -2.42. The standard InChI is InChI=1S/C12H18N2OS/c1-4-7-13-12(15)10(3)14-9(2)11-6-5-8-16-11/h4-6,8-10,14H,1,7H2,2-3H3,(H,13,15). The zero-order chi connectivity index (χ0) is 12.0. The fourth-order valence-corrected chi connectivity index (χ4v) is 2.14. The zero-order valence-corrected chi connectivity index (χ0v) is 10.5. The summed E-state index contributed by atoms with van der Waals surface area (Å²) in [7, 11) is 0. The highest BCUT2D eigenvalue weighted by Gasteiger charge is 2.15. The van der Waals surface area contributed by atoms with E-state index in [2.05, 4.69) is 30.2 Å². The summed E-state index contributed by atoms with van der Waals surface area (Å²) in [5.74, 6) is 0.00306. The third-order valence-corrected chi connectivity index (χ3v) is 3.34.